The maximum Gasteiger partial charge on any atom is 0.174 e. The van der Waals surface area contributed by atoms with Crippen molar-refractivity contribution in [2.45, 2.75) is 103 Å². The molecule has 0 bridgehead atoms. The first-order valence-corrected chi connectivity index (χ1v) is 13.1. The molecule has 0 radical (unpaired) electrons. The summed E-state index contributed by atoms with van der Waals surface area (Å²) in [5, 5.41) is 47.7. The van der Waals surface area contributed by atoms with Crippen molar-refractivity contribution in [1.29, 1.82) is 0 Å². The number of hydrogen-bond acceptors (Lipinski definition) is 6. The highest BCUT2D eigenvalue weighted by Gasteiger charge is 2.65. The van der Waals surface area contributed by atoms with Crippen molar-refractivity contribution in [3.8, 4) is 0 Å². The van der Waals surface area contributed by atoms with Gasteiger partial charge in [0.2, 0.25) is 0 Å². The molecule has 180 valence electrons. The fourth-order valence-corrected chi connectivity index (χ4v) is 9.37. The molecule has 0 aliphatic heterocycles. The van der Waals surface area contributed by atoms with E-state index in [-0.39, 0.29) is 46.9 Å². The summed E-state index contributed by atoms with van der Waals surface area (Å²) >= 11 is 0. The fourth-order valence-electron chi connectivity index (χ4n) is 9.37. The lowest BCUT2D eigenvalue weighted by Crippen LogP contribution is -2.62. The summed E-state index contributed by atoms with van der Waals surface area (Å²) in [4.78, 5) is 0. The average molecular weight is 447 g/mol. The zero-order chi connectivity index (χ0) is 22.7. The van der Waals surface area contributed by atoms with Crippen LogP contribution in [0.25, 0.3) is 0 Å². The topological polar surface area (TPSA) is 115 Å². The van der Waals surface area contributed by atoms with E-state index in [1.807, 2.05) is 0 Å². The van der Waals surface area contributed by atoms with E-state index in [1.165, 1.54) is 0 Å². The van der Waals surface area contributed by atoms with Gasteiger partial charge in [-0.25, -0.2) is 0 Å². The second-order valence-electron chi connectivity index (χ2n) is 12.1. The van der Waals surface area contributed by atoms with Crippen LogP contribution in [-0.4, -0.2) is 54.3 Å². The van der Waals surface area contributed by atoms with Gasteiger partial charge < -0.3 is 15.3 Å². The Morgan fingerprint density at radius 2 is 1.78 bits per heavy atom. The SMILES string of the molecule is CC[C@H]1[C@@H](O)[C@@H]2[C@H](CC[C@@]3(C)[C@H]2C[C@H](O)[C@@H]3CCCc2nn[nH]n2)[C@@]2(C)CC[C@@H](O)C[C@@H]12. The van der Waals surface area contributed by atoms with Gasteiger partial charge in [0.15, 0.2) is 5.82 Å². The molecule has 1 aromatic heterocycles. The number of aromatic amines is 1. The Morgan fingerprint density at radius 1 is 1.00 bits per heavy atom. The number of tetrazole rings is 1. The van der Waals surface area contributed by atoms with Crippen molar-refractivity contribution in [2.24, 2.45) is 46.3 Å². The van der Waals surface area contributed by atoms with Crippen molar-refractivity contribution in [3.05, 3.63) is 5.82 Å². The smallest absolute Gasteiger partial charge is 0.174 e. The van der Waals surface area contributed by atoms with E-state index in [9.17, 15) is 15.3 Å². The van der Waals surface area contributed by atoms with Crippen LogP contribution in [0.3, 0.4) is 0 Å². The molecule has 0 spiro atoms. The normalized spacial score (nSPS) is 50.5. The van der Waals surface area contributed by atoms with E-state index in [1.54, 1.807) is 0 Å². The quantitative estimate of drug-likeness (QED) is 0.552. The molecule has 5 rings (SSSR count). The van der Waals surface area contributed by atoms with Crippen LogP contribution in [0.1, 0.15) is 84.4 Å². The lowest BCUT2D eigenvalue weighted by atomic mass is 9.41. The van der Waals surface area contributed by atoms with Crippen molar-refractivity contribution in [3.63, 3.8) is 0 Å². The molecule has 32 heavy (non-hydrogen) atoms. The summed E-state index contributed by atoms with van der Waals surface area (Å²) in [6.07, 6.45) is 8.77. The molecule has 7 heteroatoms. The third-order valence-corrected chi connectivity index (χ3v) is 10.9. The molecule has 0 unspecified atom stereocenters. The van der Waals surface area contributed by atoms with Gasteiger partial charge in [-0.2, -0.15) is 5.21 Å². The number of nitrogens with zero attached hydrogens (tertiary/aromatic N) is 3. The molecule has 0 aromatic carbocycles. The van der Waals surface area contributed by atoms with E-state index in [0.29, 0.717) is 17.8 Å². The van der Waals surface area contributed by atoms with Gasteiger partial charge in [0, 0.05) is 6.42 Å². The summed E-state index contributed by atoms with van der Waals surface area (Å²) < 4.78 is 0. The summed E-state index contributed by atoms with van der Waals surface area (Å²) in [6, 6.07) is 0. The minimum Gasteiger partial charge on any atom is -0.393 e. The Bertz CT molecular complexity index is 790. The highest BCUT2D eigenvalue weighted by Crippen LogP contribution is 2.69. The molecule has 11 atom stereocenters. The number of aliphatic hydroxyl groups is 3. The first kappa shape index (κ1) is 22.7. The van der Waals surface area contributed by atoms with Crippen LogP contribution in [0.2, 0.25) is 0 Å². The lowest BCUT2D eigenvalue weighted by molar-refractivity contribution is -0.202. The molecule has 4 N–H and O–H groups in total. The van der Waals surface area contributed by atoms with E-state index in [4.69, 9.17) is 0 Å². The van der Waals surface area contributed by atoms with Crippen LogP contribution < -0.4 is 0 Å². The van der Waals surface area contributed by atoms with Crippen LogP contribution >= 0.6 is 0 Å². The Balaban J connectivity index is 1.39. The van der Waals surface area contributed by atoms with Gasteiger partial charge in [-0.05, 0) is 97.7 Å². The predicted molar refractivity (Wildman–Crippen MR) is 120 cm³/mol. The average Bonchev–Trinajstić information content (AvgIpc) is 3.36. The van der Waals surface area contributed by atoms with Crippen molar-refractivity contribution in [2.75, 3.05) is 0 Å². The second-order valence-corrected chi connectivity index (χ2v) is 12.1. The van der Waals surface area contributed by atoms with Gasteiger partial charge in [0.1, 0.15) is 0 Å². The molecular weight excluding hydrogens is 404 g/mol. The third-order valence-electron chi connectivity index (χ3n) is 10.9. The van der Waals surface area contributed by atoms with Gasteiger partial charge in [-0.3, -0.25) is 0 Å². The van der Waals surface area contributed by atoms with Gasteiger partial charge in [-0.1, -0.05) is 32.4 Å². The van der Waals surface area contributed by atoms with E-state index < -0.39 is 0 Å². The highest BCUT2D eigenvalue weighted by molar-refractivity contribution is 5.14. The minimum atomic E-state index is -0.316. The first-order chi connectivity index (χ1) is 15.3. The number of nitrogens with one attached hydrogen (secondary N) is 1. The number of H-pyrrole nitrogens is 1. The Kier molecular flexibility index (Phi) is 5.90. The molecular formula is C25H42N4O3. The fraction of sp³-hybridized carbons (Fsp3) is 0.960. The summed E-state index contributed by atoms with van der Waals surface area (Å²) in [7, 11) is 0. The Labute approximate surface area is 191 Å². The van der Waals surface area contributed by atoms with Crippen molar-refractivity contribution < 1.29 is 15.3 Å². The monoisotopic (exact) mass is 446 g/mol. The summed E-state index contributed by atoms with van der Waals surface area (Å²) in [5.41, 5.74) is 0.279. The highest BCUT2D eigenvalue weighted by atomic mass is 16.3. The van der Waals surface area contributed by atoms with E-state index in [2.05, 4.69) is 41.4 Å². The molecule has 0 amide bonds. The number of fused-ring (bicyclic) bond motifs is 5. The van der Waals surface area contributed by atoms with Gasteiger partial charge in [-0.15, -0.1) is 10.2 Å². The van der Waals surface area contributed by atoms with E-state index >= 15 is 0 Å². The van der Waals surface area contributed by atoms with Crippen molar-refractivity contribution in [1.82, 2.24) is 20.6 Å². The van der Waals surface area contributed by atoms with Crippen LogP contribution in [0.15, 0.2) is 0 Å². The minimum absolute atomic E-state index is 0.0779. The largest absolute Gasteiger partial charge is 0.393 e. The van der Waals surface area contributed by atoms with Gasteiger partial charge in [0.25, 0.3) is 0 Å². The summed E-state index contributed by atoms with van der Waals surface area (Å²) in [5.74, 6) is 2.83. The standard InChI is InChI=1S/C25H42N4O3/c1-4-15-18-12-14(30)8-10-25(18,3)17-9-11-24(2)16(6-5-7-21-26-28-29-27-21)20(31)13-19(24)22(17)23(15)32/h14-20,22-23,30-32H,4-13H2,1-3H3,(H,26,27,28,29)/t14-,15-,16+,17+,18+,19+,20+,22-,23-,24-,25-/m1/s1. The molecule has 1 heterocycles. The molecule has 4 fully saturated rings. The lowest BCUT2D eigenvalue weighted by Gasteiger charge is -2.64. The van der Waals surface area contributed by atoms with Crippen molar-refractivity contribution >= 4 is 0 Å². The predicted octanol–water partition coefficient (Wildman–Crippen LogP) is 3.12. The molecule has 4 saturated carbocycles. The summed E-state index contributed by atoms with van der Waals surface area (Å²) in [6.45, 7) is 7.07. The first-order valence-electron chi connectivity index (χ1n) is 13.1. The Morgan fingerprint density at radius 3 is 2.50 bits per heavy atom. The molecule has 4 aliphatic carbocycles. The third kappa shape index (κ3) is 3.37. The van der Waals surface area contributed by atoms with E-state index in [0.717, 1.165) is 70.0 Å². The van der Waals surface area contributed by atoms with Gasteiger partial charge in [0.05, 0.1) is 18.3 Å². The van der Waals surface area contributed by atoms with Crippen LogP contribution in [0.4, 0.5) is 0 Å². The zero-order valence-corrected chi connectivity index (χ0v) is 20.0. The van der Waals surface area contributed by atoms with Crippen LogP contribution in [0.5, 0.6) is 0 Å². The Hall–Kier alpha value is -1.05. The number of aromatic nitrogens is 4. The molecule has 0 saturated heterocycles. The number of hydrogen-bond donors (Lipinski definition) is 4. The molecule has 7 nitrogen and oxygen atoms in total. The van der Waals surface area contributed by atoms with Gasteiger partial charge >= 0.3 is 0 Å². The molecule has 4 aliphatic rings. The van der Waals surface area contributed by atoms with Crippen LogP contribution in [0, 0.1) is 46.3 Å². The molecule has 1 aromatic rings. The number of rotatable bonds is 5. The number of aryl methyl sites for hydroxylation is 1. The second kappa shape index (κ2) is 8.31. The number of aliphatic hydroxyl groups excluding tert-OH is 3. The zero-order valence-electron chi connectivity index (χ0n) is 20.0. The maximum atomic E-state index is 11.7. The maximum absolute atomic E-state index is 11.7. The van der Waals surface area contributed by atoms with Crippen LogP contribution in [-0.2, 0) is 6.42 Å².